The van der Waals surface area contributed by atoms with Crippen molar-refractivity contribution in [2.75, 3.05) is 25.9 Å². The van der Waals surface area contributed by atoms with Gasteiger partial charge < -0.3 is 10.0 Å². The first-order chi connectivity index (χ1) is 9.16. The molecule has 0 aromatic heterocycles. The van der Waals surface area contributed by atoms with Gasteiger partial charge >= 0.3 is 0 Å². The van der Waals surface area contributed by atoms with Gasteiger partial charge in [0.25, 0.3) is 0 Å². The van der Waals surface area contributed by atoms with Gasteiger partial charge in [-0.15, -0.1) is 0 Å². The summed E-state index contributed by atoms with van der Waals surface area (Å²) in [6.45, 7) is 2.01. The Bertz CT molecular complexity index is 217. The highest BCUT2D eigenvalue weighted by Gasteiger charge is 2.31. The highest BCUT2D eigenvalue weighted by atomic mass is 32.1. The minimum Gasteiger partial charge on any atom is -0.389 e. The lowest BCUT2D eigenvalue weighted by Crippen LogP contribution is -2.39. The summed E-state index contributed by atoms with van der Waals surface area (Å²) < 4.78 is 0. The number of unbranched alkanes of at least 4 members (excludes halogenated alkanes) is 6. The Hall–Kier alpha value is 0.270. The van der Waals surface area contributed by atoms with E-state index in [1.165, 1.54) is 57.8 Å². The van der Waals surface area contributed by atoms with E-state index in [1.54, 1.807) is 0 Å². The van der Waals surface area contributed by atoms with Crippen LogP contribution in [0.2, 0.25) is 0 Å². The van der Waals surface area contributed by atoms with Gasteiger partial charge in [0, 0.05) is 6.54 Å². The SMILES string of the molecule is CN(CCCCCCCCCS)CC1(O)CCCC1. The van der Waals surface area contributed by atoms with E-state index in [0.717, 1.165) is 31.7 Å². The van der Waals surface area contributed by atoms with Crippen molar-refractivity contribution in [2.24, 2.45) is 0 Å². The highest BCUT2D eigenvalue weighted by molar-refractivity contribution is 7.80. The third kappa shape index (κ3) is 8.21. The first-order valence-corrected chi connectivity index (χ1v) is 8.81. The first kappa shape index (κ1) is 17.3. The summed E-state index contributed by atoms with van der Waals surface area (Å²) in [5.74, 6) is 1.04. The standard InChI is InChI=1S/C16H33NOS/c1-17(15-16(18)11-7-8-12-16)13-9-5-3-2-4-6-10-14-19/h18-19H,2-15H2,1H3. The highest BCUT2D eigenvalue weighted by Crippen LogP contribution is 2.29. The summed E-state index contributed by atoms with van der Waals surface area (Å²) in [6.07, 6.45) is 13.8. The maximum absolute atomic E-state index is 10.3. The molecule has 0 bridgehead atoms. The quantitative estimate of drug-likeness (QED) is 0.445. The van der Waals surface area contributed by atoms with Crippen LogP contribution in [0.1, 0.15) is 70.6 Å². The average Bonchev–Trinajstić information content (AvgIpc) is 2.79. The molecule has 3 heteroatoms. The zero-order valence-corrected chi connectivity index (χ0v) is 13.6. The number of hydrogen-bond acceptors (Lipinski definition) is 3. The molecule has 114 valence electrons. The molecule has 1 aliphatic rings. The third-order valence-corrected chi connectivity index (χ3v) is 4.61. The predicted octanol–water partition coefficient (Wildman–Crippen LogP) is 3.88. The van der Waals surface area contributed by atoms with Crippen molar-refractivity contribution in [1.29, 1.82) is 0 Å². The fourth-order valence-corrected chi connectivity index (χ4v) is 3.37. The molecule has 2 nitrogen and oxygen atoms in total. The van der Waals surface area contributed by atoms with Gasteiger partial charge in [0.1, 0.15) is 0 Å². The monoisotopic (exact) mass is 287 g/mol. The van der Waals surface area contributed by atoms with E-state index in [-0.39, 0.29) is 5.60 Å². The van der Waals surface area contributed by atoms with Gasteiger partial charge in [0.05, 0.1) is 5.60 Å². The Balaban J connectivity index is 1.91. The van der Waals surface area contributed by atoms with Crippen LogP contribution in [0.4, 0.5) is 0 Å². The lowest BCUT2D eigenvalue weighted by Gasteiger charge is -2.28. The zero-order valence-electron chi connectivity index (χ0n) is 12.7. The van der Waals surface area contributed by atoms with Crippen molar-refractivity contribution >= 4 is 12.6 Å². The molecule has 0 aromatic rings. The van der Waals surface area contributed by atoms with Gasteiger partial charge in [-0.05, 0) is 45.0 Å². The number of hydrogen-bond donors (Lipinski definition) is 2. The third-order valence-electron chi connectivity index (χ3n) is 4.30. The molecular formula is C16H33NOS. The van der Waals surface area contributed by atoms with Gasteiger partial charge in [0.2, 0.25) is 0 Å². The van der Waals surface area contributed by atoms with Gasteiger partial charge in [-0.1, -0.05) is 44.9 Å². The van der Waals surface area contributed by atoms with E-state index < -0.39 is 0 Å². The summed E-state index contributed by atoms with van der Waals surface area (Å²) in [6, 6.07) is 0. The molecule has 0 amide bonds. The normalized spacial score (nSPS) is 18.3. The van der Waals surface area contributed by atoms with Crippen molar-refractivity contribution in [3.05, 3.63) is 0 Å². The molecule has 0 aliphatic heterocycles. The molecule has 1 saturated carbocycles. The average molecular weight is 288 g/mol. The number of nitrogens with zero attached hydrogens (tertiary/aromatic N) is 1. The second-order valence-corrected chi connectivity index (χ2v) is 6.81. The van der Waals surface area contributed by atoms with Crippen LogP contribution < -0.4 is 0 Å². The minimum atomic E-state index is -0.373. The van der Waals surface area contributed by atoms with Crippen LogP contribution in [-0.4, -0.2) is 41.5 Å². The Labute approximate surface area is 125 Å². The van der Waals surface area contributed by atoms with Crippen molar-refractivity contribution in [3.63, 3.8) is 0 Å². The van der Waals surface area contributed by atoms with Gasteiger partial charge in [-0.2, -0.15) is 12.6 Å². The van der Waals surface area contributed by atoms with Crippen LogP contribution in [-0.2, 0) is 0 Å². The van der Waals surface area contributed by atoms with Crippen molar-refractivity contribution in [2.45, 2.75) is 76.2 Å². The number of rotatable bonds is 11. The molecule has 19 heavy (non-hydrogen) atoms. The van der Waals surface area contributed by atoms with E-state index in [2.05, 4.69) is 24.6 Å². The Morgan fingerprint density at radius 1 is 0.947 bits per heavy atom. The fraction of sp³-hybridized carbons (Fsp3) is 1.00. The van der Waals surface area contributed by atoms with E-state index in [9.17, 15) is 5.11 Å². The first-order valence-electron chi connectivity index (χ1n) is 8.18. The maximum atomic E-state index is 10.3. The Morgan fingerprint density at radius 2 is 1.47 bits per heavy atom. The molecule has 1 aliphatic carbocycles. The van der Waals surface area contributed by atoms with Crippen LogP contribution >= 0.6 is 12.6 Å². The van der Waals surface area contributed by atoms with Crippen LogP contribution in [0.25, 0.3) is 0 Å². The van der Waals surface area contributed by atoms with Crippen LogP contribution in [0.3, 0.4) is 0 Å². The summed E-state index contributed by atoms with van der Waals surface area (Å²) >= 11 is 4.23. The maximum Gasteiger partial charge on any atom is 0.0774 e. The van der Waals surface area contributed by atoms with E-state index in [0.29, 0.717) is 0 Å². The lowest BCUT2D eigenvalue weighted by atomic mass is 10.0. The molecule has 1 rings (SSSR count). The number of aliphatic hydroxyl groups is 1. The van der Waals surface area contributed by atoms with E-state index >= 15 is 0 Å². The second kappa shape index (κ2) is 10.1. The summed E-state index contributed by atoms with van der Waals surface area (Å²) in [5, 5.41) is 10.3. The predicted molar refractivity (Wildman–Crippen MR) is 87.1 cm³/mol. The van der Waals surface area contributed by atoms with Crippen LogP contribution in [0, 0.1) is 0 Å². The summed E-state index contributed by atoms with van der Waals surface area (Å²) in [4.78, 5) is 2.33. The smallest absolute Gasteiger partial charge is 0.0774 e. The van der Waals surface area contributed by atoms with Gasteiger partial charge in [-0.25, -0.2) is 0 Å². The summed E-state index contributed by atoms with van der Waals surface area (Å²) in [5.41, 5.74) is -0.373. The number of likely N-dealkylation sites (N-methyl/N-ethyl adjacent to an activating group) is 1. The van der Waals surface area contributed by atoms with Crippen molar-refractivity contribution in [3.8, 4) is 0 Å². The lowest BCUT2D eigenvalue weighted by molar-refractivity contribution is 0.0161. The molecule has 1 N–H and O–H groups in total. The van der Waals surface area contributed by atoms with Gasteiger partial charge in [0.15, 0.2) is 0 Å². The largest absolute Gasteiger partial charge is 0.389 e. The zero-order chi connectivity index (χ0) is 14.0. The molecule has 0 aromatic carbocycles. The van der Waals surface area contributed by atoms with Crippen LogP contribution in [0.5, 0.6) is 0 Å². The Kier molecular flexibility index (Phi) is 9.17. The fourth-order valence-electron chi connectivity index (χ4n) is 3.15. The molecule has 0 unspecified atom stereocenters. The molecule has 0 radical (unpaired) electrons. The molecule has 0 heterocycles. The molecule has 1 fully saturated rings. The molecule has 0 atom stereocenters. The molecule has 0 saturated heterocycles. The second-order valence-electron chi connectivity index (χ2n) is 6.37. The Morgan fingerprint density at radius 3 is 2.05 bits per heavy atom. The number of thiol groups is 1. The van der Waals surface area contributed by atoms with E-state index in [4.69, 9.17) is 0 Å². The minimum absolute atomic E-state index is 0.373. The van der Waals surface area contributed by atoms with Crippen molar-refractivity contribution < 1.29 is 5.11 Å². The summed E-state index contributed by atoms with van der Waals surface area (Å²) in [7, 11) is 2.16. The molecular weight excluding hydrogens is 254 g/mol. The topological polar surface area (TPSA) is 23.5 Å². The van der Waals surface area contributed by atoms with Crippen LogP contribution in [0.15, 0.2) is 0 Å². The van der Waals surface area contributed by atoms with E-state index in [1.807, 2.05) is 0 Å². The molecule has 0 spiro atoms. The van der Waals surface area contributed by atoms with Gasteiger partial charge in [-0.3, -0.25) is 0 Å². The van der Waals surface area contributed by atoms with Crippen molar-refractivity contribution in [1.82, 2.24) is 4.90 Å².